The van der Waals surface area contributed by atoms with E-state index in [1.54, 1.807) is 6.92 Å². The van der Waals surface area contributed by atoms with Crippen molar-refractivity contribution >= 4 is 16.8 Å². The van der Waals surface area contributed by atoms with Gasteiger partial charge in [-0.25, -0.2) is 0 Å². The van der Waals surface area contributed by atoms with Crippen LogP contribution in [0.4, 0.5) is 0 Å². The molecule has 0 N–H and O–H groups in total. The summed E-state index contributed by atoms with van der Waals surface area (Å²) in [6, 6.07) is 0. The summed E-state index contributed by atoms with van der Waals surface area (Å²) in [5, 5.41) is 3.51. The molecular formula is C5H10NO3S-. The Morgan fingerprint density at radius 2 is 2.40 bits per heavy atom. The Balaban J connectivity index is 3.43. The Hall–Kier alpha value is -0.420. The summed E-state index contributed by atoms with van der Waals surface area (Å²) in [6.07, 6.45) is 0.769. The molecule has 0 aliphatic carbocycles. The van der Waals surface area contributed by atoms with E-state index < -0.39 is 11.1 Å². The Labute approximate surface area is 62.5 Å². The molecule has 0 heterocycles. The molecule has 4 nitrogen and oxygen atoms in total. The van der Waals surface area contributed by atoms with Crippen LogP contribution in [-0.4, -0.2) is 20.4 Å². The maximum Gasteiger partial charge on any atom is 0.178 e. The Morgan fingerprint density at radius 3 is 2.80 bits per heavy atom. The minimum atomic E-state index is -2.16. The topological polar surface area (TPSA) is 61.7 Å². The third-order valence-corrected chi connectivity index (χ3v) is 1.18. The molecule has 10 heavy (non-hydrogen) atoms. The molecule has 0 saturated heterocycles. The fourth-order valence-corrected chi connectivity index (χ4v) is 0.383. The van der Waals surface area contributed by atoms with E-state index in [0.29, 0.717) is 0 Å². The second kappa shape index (κ2) is 5.37. The normalized spacial score (nSPS) is 14.9. The van der Waals surface area contributed by atoms with Crippen LogP contribution in [0.25, 0.3) is 0 Å². The fourth-order valence-electron chi connectivity index (χ4n) is 0.244. The molecule has 1 atom stereocenters. The van der Waals surface area contributed by atoms with Crippen molar-refractivity contribution < 1.29 is 13.6 Å². The fraction of sp³-hybridized carbons (Fsp3) is 0.800. The van der Waals surface area contributed by atoms with Gasteiger partial charge in [0.2, 0.25) is 0 Å². The van der Waals surface area contributed by atoms with Gasteiger partial charge in [0.25, 0.3) is 0 Å². The van der Waals surface area contributed by atoms with E-state index in [-0.39, 0.29) is 5.94 Å². The number of nitrogens with zero attached hydrogens (tertiary/aromatic N) is 1. The van der Waals surface area contributed by atoms with Gasteiger partial charge in [0, 0.05) is 0 Å². The molecule has 0 aromatic heterocycles. The van der Waals surface area contributed by atoms with Crippen LogP contribution in [-0.2, 0) is 15.9 Å². The van der Waals surface area contributed by atoms with Crippen LogP contribution in [0.5, 0.6) is 0 Å². The van der Waals surface area contributed by atoms with Crippen molar-refractivity contribution in [3.63, 3.8) is 0 Å². The molecule has 0 aliphatic heterocycles. The molecule has 0 rings (SSSR count). The summed E-state index contributed by atoms with van der Waals surface area (Å²) in [5.74, 6) is -0.364. The molecular weight excluding hydrogens is 154 g/mol. The highest BCUT2D eigenvalue weighted by atomic mass is 32.2. The van der Waals surface area contributed by atoms with Gasteiger partial charge in [0.05, 0.1) is 5.71 Å². The Kier molecular flexibility index (Phi) is 5.15. The Morgan fingerprint density at radius 1 is 1.80 bits per heavy atom. The van der Waals surface area contributed by atoms with Crippen molar-refractivity contribution in [3.05, 3.63) is 0 Å². The second-order valence-corrected chi connectivity index (χ2v) is 2.57. The number of rotatable bonds is 4. The maximum absolute atomic E-state index is 9.87. The monoisotopic (exact) mass is 164 g/mol. The summed E-state index contributed by atoms with van der Waals surface area (Å²) in [4.78, 5) is 4.42. The molecule has 0 aromatic rings. The van der Waals surface area contributed by atoms with Gasteiger partial charge in [-0.1, -0.05) is 12.1 Å². The van der Waals surface area contributed by atoms with Crippen molar-refractivity contribution in [2.24, 2.45) is 5.16 Å². The van der Waals surface area contributed by atoms with E-state index in [1.165, 1.54) is 0 Å². The SMILES string of the molecule is CCC(C)=NOCS(=O)[O-]. The molecule has 0 aliphatic rings. The van der Waals surface area contributed by atoms with E-state index in [2.05, 4.69) is 9.99 Å². The highest BCUT2D eigenvalue weighted by Gasteiger charge is 1.85. The van der Waals surface area contributed by atoms with Crippen molar-refractivity contribution in [1.29, 1.82) is 0 Å². The lowest BCUT2D eigenvalue weighted by Crippen LogP contribution is -1.98. The molecule has 0 bridgehead atoms. The lowest BCUT2D eigenvalue weighted by Gasteiger charge is -2.02. The standard InChI is InChI=1S/C5H11NO3S/c1-3-5(2)6-9-4-10(7)8/h3-4H2,1-2H3,(H,7,8)/p-1. The first-order valence-corrected chi connectivity index (χ1v) is 4.12. The van der Waals surface area contributed by atoms with Crippen LogP contribution in [0.15, 0.2) is 5.16 Å². The molecule has 5 heteroatoms. The average molecular weight is 164 g/mol. The zero-order valence-corrected chi connectivity index (χ0v) is 6.81. The maximum atomic E-state index is 9.87. The predicted molar refractivity (Wildman–Crippen MR) is 38.3 cm³/mol. The third-order valence-electron chi connectivity index (χ3n) is 0.881. The minimum absolute atomic E-state index is 0.364. The van der Waals surface area contributed by atoms with Gasteiger partial charge in [-0.15, -0.1) is 0 Å². The quantitative estimate of drug-likeness (QED) is 0.347. The molecule has 60 valence electrons. The highest BCUT2D eigenvalue weighted by molar-refractivity contribution is 7.78. The summed E-state index contributed by atoms with van der Waals surface area (Å²) < 4.78 is 19.7. The first-order chi connectivity index (χ1) is 4.66. The minimum Gasteiger partial charge on any atom is -0.770 e. The van der Waals surface area contributed by atoms with Crippen LogP contribution in [0.1, 0.15) is 20.3 Å². The van der Waals surface area contributed by atoms with Crippen LogP contribution in [0, 0.1) is 0 Å². The largest absolute Gasteiger partial charge is 0.770 e. The van der Waals surface area contributed by atoms with E-state index in [0.717, 1.165) is 12.1 Å². The lowest BCUT2D eigenvalue weighted by atomic mass is 10.3. The molecule has 0 saturated carbocycles. The zero-order chi connectivity index (χ0) is 7.98. The van der Waals surface area contributed by atoms with E-state index >= 15 is 0 Å². The van der Waals surface area contributed by atoms with Crippen LogP contribution < -0.4 is 0 Å². The number of hydrogen-bond acceptors (Lipinski definition) is 4. The second-order valence-electron chi connectivity index (χ2n) is 1.73. The predicted octanol–water partition coefficient (Wildman–Crippen LogP) is 0.626. The summed E-state index contributed by atoms with van der Waals surface area (Å²) in [6.45, 7) is 3.68. The van der Waals surface area contributed by atoms with Crippen LogP contribution in [0.2, 0.25) is 0 Å². The molecule has 0 spiro atoms. The van der Waals surface area contributed by atoms with Crippen molar-refractivity contribution in [2.45, 2.75) is 20.3 Å². The molecule has 0 aromatic carbocycles. The smallest absolute Gasteiger partial charge is 0.178 e. The van der Waals surface area contributed by atoms with E-state index in [4.69, 9.17) is 0 Å². The first-order valence-electron chi connectivity index (χ1n) is 2.88. The summed E-state index contributed by atoms with van der Waals surface area (Å²) in [7, 11) is 0. The van der Waals surface area contributed by atoms with Gasteiger partial charge in [0.15, 0.2) is 5.94 Å². The van der Waals surface area contributed by atoms with Crippen molar-refractivity contribution in [1.82, 2.24) is 0 Å². The van der Waals surface area contributed by atoms with Gasteiger partial charge in [-0.2, -0.15) is 0 Å². The molecule has 0 radical (unpaired) electrons. The summed E-state index contributed by atoms with van der Waals surface area (Å²) >= 11 is -2.16. The summed E-state index contributed by atoms with van der Waals surface area (Å²) in [5.41, 5.74) is 0.783. The van der Waals surface area contributed by atoms with Crippen molar-refractivity contribution in [2.75, 3.05) is 5.94 Å². The highest BCUT2D eigenvalue weighted by Crippen LogP contribution is 1.86. The van der Waals surface area contributed by atoms with Gasteiger partial charge >= 0.3 is 0 Å². The van der Waals surface area contributed by atoms with Gasteiger partial charge in [-0.3, -0.25) is 4.21 Å². The van der Waals surface area contributed by atoms with Gasteiger partial charge in [-0.05, 0) is 24.4 Å². The van der Waals surface area contributed by atoms with E-state index in [9.17, 15) is 8.76 Å². The first kappa shape index (κ1) is 9.58. The third kappa shape index (κ3) is 5.71. The van der Waals surface area contributed by atoms with Gasteiger partial charge < -0.3 is 9.39 Å². The zero-order valence-electron chi connectivity index (χ0n) is 5.99. The number of oxime groups is 1. The molecule has 0 amide bonds. The van der Waals surface area contributed by atoms with E-state index in [1.807, 2.05) is 6.92 Å². The van der Waals surface area contributed by atoms with Crippen LogP contribution in [0.3, 0.4) is 0 Å². The average Bonchev–Trinajstić information content (AvgIpc) is 1.87. The van der Waals surface area contributed by atoms with Gasteiger partial charge in [0.1, 0.15) is 0 Å². The molecule has 1 unspecified atom stereocenters. The van der Waals surface area contributed by atoms with Crippen LogP contribution >= 0.6 is 0 Å². The van der Waals surface area contributed by atoms with Crippen molar-refractivity contribution in [3.8, 4) is 0 Å². The Bertz CT molecular complexity index is 146. The molecule has 0 fully saturated rings. The number of hydrogen-bond donors (Lipinski definition) is 0. The lowest BCUT2D eigenvalue weighted by molar-refractivity contribution is 0.187.